The Bertz CT molecular complexity index is 771. The van der Waals surface area contributed by atoms with Crippen LogP contribution in [0.25, 0.3) is 0 Å². The quantitative estimate of drug-likeness (QED) is 0.501. The monoisotopic (exact) mass is 458 g/mol. The second-order valence-corrected chi connectivity index (χ2v) is 9.03. The highest BCUT2D eigenvalue weighted by Crippen LogP contribution is 2.33. The molecule has 160 valence electrons. The molecule has 6 nitrogen and oxygen atoms in total. The van der Waals surface area contributed by atoms with E-state index in [0.29, 0.717) is 46.6 Å². The van der Waals surface area contributed by atoms with Crippen molar-refractivity contribution in [1.29, 1.82) is 0 Å². The van der Waals surface area contributed by atoms with Gasteiger partial charge in [-0.25, -0.2) is 0 Å². The number of carbonyl (C=O) groups excluding carboxylic acids is 2. The summed E-state index contributed by atoms with van der Waals surface area (Å²) in [4.78, 5) is 25.6. The number of hydrogen-bond donors (Lipinski definition) is 2. The Kier molecular flexibility index (Phi) is 10.0. The molecule has 0 saturated carbocycles. The van der Waals surface area contributed by atoms with E-state index < -0.39 is 0 Å². The number of anilines is 1. The molecule has 9 heteroatoms. The highest BCUT2D eigenvalue weighted by molar-refractivity contribution is 8.04. The molecule has 0 atom stereocenters. The van der Waals surface area contributed by atoms with Crippen LogP contribution in [0.15, 0.2) is 22.8 Å². The number of halogens is 1. The zero-order valence-corrected chi connectivity index (χ0v) is 19.3. The minimum absolute atomic E-state index is 0.253. The van der Waals surface area contributed by atoms with Crippen LogP contribution in [-0.4, -0.2) is 49.3 Å². The summed E-state index contributed by atoms with van der Waals surface area (Å²) in [5.74, 6) is 3.25. The van der Waals surface area contributed by atoms with Crippen molar-refractivity contribution in [3.05, 3.63) is 33.4 Å². The lowest BCUT2D eigenvalue weighted by Gasteiger charge is -2.18. The molecule has 1 aliphatic rings. The van der Waals surface area contributed by atoms with Crippen molar-refractivity contribution in [3.8, 4) is 5.75 Å². The first-order valence-corrected chi connectivity index (χ1v) is 12.0. The Morgan fingerprint density at radius 2 is 2.10 bits per heavy atom. The Labute approximate surface area is 185 Å². The average Bonchev–Trinajstić information content (AvgIpc) is 2.71. The Balaban J connectivity index is 2.04. The first-order chi connectivity index (χ1) is 14.0. The molecule has 2 rings (SSSR count). The molecule has 2 amide bonds. The Morgan fingerprint density at radius 1 is 1.31 bits per heavy atom. The van der Waals surface area contributed by atoms with Gasteiger partial charge in [0.25, 0.3) is 11.8 Å². The second kappa shape index (κ2) is 12.2. The molecule has 2 N–H and O–H groups in total. The van der Waals surface area contributed by atoms with Gasteiger partial charge in [0.15, 0.2) is 0 Å². The van der Waals surface area contributed by atoms with E-state index >= 15 is 0 Å². The maximum absolute atomic E-state index is 12.5. The van der Waals surface area contributed by atoms with Crippen LogP contribution in [-0.2, 0) is 9.53 Å². The highest BCUT2D eigenvalue weighted by atomic mass is 35.5. The van der Waals surface area contributed by atoms with Crippen LogP contribution >= 0.6 is 35.1 Å². The van der Waals surface area contributed by atoms with Crippen LogP contribution in [0.2, 0.25) is 5.02 Å². The molecule has 0 saturated heterocycles. The standard InChI is InChI=1S/C20H27ClN2O4S2/c1-4-8-28-9-5-6-22-19(24)14-11-15(21)16(12-17(14)26-3)23-20(25)18-13(2)27-7-10-29-18/h11-12H,4-10H2,1-3H3,(H,22,24)(H,23,25). The van der Waals surface area contributed by atoms with Crippen LogP contribution in [0.5, 0.6) is 5.75 Å². The summed E-state index contributed by atoms with van der Waals surface area (Å²) < 4.78 is 10.8. The number of ether oxygens (including phenoxy) is 2. The molecule has 0 unspecified atom stereocenters. The normalized spacial score (nSPS) is 13.7. The van der Waals surface area contributed by atoms with Gasteiger partial charge in [-0.1, -0.05) is 18.5 Å². The summed E-state index contributed by atoms with van der Waals surface area (Å²) in [5.41, 5.74) is 0.718. The smallest absolute Gasteiger partial charge is 0.265 e. The summed E-state index contributed by atoms with van der Waals surface area (Å²) in [7, 11) is 1.48. The van der Waals surface area contributed by atoms with Crippen LogP contribution in [0.3, 0.4) is 0 Å². The van der Waals surface area contributed by atoms with Crippen molar-refractivity contribution in [2.45, 2.75) is 26.7 Å². The van der Waals surface area contributed by atoms with Gasteiger partial charge in [0.05, 0.1) is 30.0 Å². The molecular weight excluding hydrogens is 432 g/mol. The minimum Gasteiger partial charge on any atom is -0.496 e. The minimum atomic E-state index is -0.294. The van der Waals surface area contributed by atoms with Crippen molar-refractivity contribution >= 4 is 52.6 Å². The van der Waals surface area contributed by atoms with E-state index in [0.717, 1.165) is 24.3 Å². The molecule has 1 aliphatic heterocycles. The van der Waals surface area contributed by atoms with Gasteiger partial charge in [0.1, 0.15) is 16.4 Å². The van der Waals surface area contributed by atoms with E-state index in [9.17, 15) is 9.59 Å². The molecule has 1 aromatic carbocycles. The summed E-state index contributed by atoms with van der Waals surface area (Å²) in [6.45, 7) is 5.08. The van der Waals surface area contributed by atoms with Gasteiger partial charge in [-0.15, -0.1) is 11.8 Å². The molecule has 29 heavy (non-hydrogen) atoms. The molecule has 0 fully saturated rings. The summed E-state index contributed by atoms with van der Waals surface area (Å²) in [6.07, 6.45) is 2.05. The number of methoxy groups -OCH3 is 1. The van der Waals surface area contributed by atoms with E-state index in [1.807, 2.05) is 11.8 Å². The summed E-state index contributed by atoms with van der Waals surface area (Å²) >= 11 is 9.65. The predicted octanol–water partition coefficient (Wildman–Crippen LogP) is 4.55. The lowest BCUT2D eigenvalue weighted by molar-refractivity contribution is -0.112. The SMILES string of the molecule is CCCSCCCNC(=O)c1cc(Cl)c(NC(=O)C2=C(C)OCCS2)cc1OC. The molecule has 0 spiro atoms. The third-order valence-electron chi connectivity index (χ3n) is 4.06. The average molecular weight is 459 g/mol. The van der Waals surface area contributed by atoms with Crippen molar-refractivity contribution < 1.29 is 19.1 Å². The third-order valence-corrected chi connectivity index (χ3v) is 6.78. The first kappa shape index (κ1) is 23.8. The van der Waals surface area contributed by atoms with E-state index in [4.69, 9.17) is 21.1 Å². The predicted molar refractivity (Wildman–Crippen MR) is 122 cm³/mol. The van der Waals surface area contributed by atoms with Gasteiger partial charge in [-0.3, -0.25) is 9.59 Å². The fourth-order valence-corrected chi connectivity index (χ4v) is 4.49. The second-order valence-electron chi connectivity index (χ2n) is 6.29. The largest absolute Gasteiger partial charge is 0.496 e. The van der Waals surface area contributed by atoms with E-state index in [1.54, 1.807) is 13.0 Å². The number of benzene rings is 1. The zero-order valence-electron chi connectivity index (χ0n) is 16.9. The third kappa shape index (κ3) is 7.04. The number of carbonyl (C=O) groups is 2. The van der Waals surface area contributed by atoms with Crippen molar-refractivity contribution in [3.63, 3.8) is 0 Å². The lowest BCUT2D eigenvalue weighted by Crippen LogP contribution is -2.25. The van der Waals surface area contributed by atoms with Gasteiger partial charge >= 0.3 is 0 Å². The van der Waals surface area contributed by atoms with Crippen LogP contribution in [0.4, 0.5) is 5.69 Å². The zero-order chi connectivity index (χ0) is 21.2. The van der Waals surface area contributed by atoms with Gasteiger partial charge in [-0.05, 0) is 37.3 Å². The fraction of sp³-hybridized carbons (Fsp3) is 0.500. The number of rotatable bonds is 10. The first-order valence-electron chi connectivity index (χ1n) is 9.49. The molecular formula is C20H27ClN2O4S2. The Hall–Kier alpha value is -1.51. The number of amides is 2. The van der Waals surface area contributed by atoms with Crippen molar-refractivity contribution in [1.82, 2.24) is 5.32 Å². The molecule has 0 radical (unpaired) electrons. The lowest BCUT2D eigenvalue weighted by atomic mass is 10.1. The van der Waals surface area contributed by atoms with E-state index in [2.05, 4.69) is 17.6 Å². The summed E-state index contributed by atoms with van der Waals surface area (Å²) in [5, 5.41) is 5.94. The van der Waals surface area contributed by atoms with Crippen LogP contribution < -0.4 is 15.4 Å². The maximum atomic E-state index is 12.5. The molecule has 1 heterocycles. The van der Waals surface area contributed by atoms with Crippen LogP contribution in [0.1, 0.15) is 37.0 Å². The molecule has 0 aromatic heterocycles. The molecule has 0 bridgehead atoms. The Morgan fingerprint density at radius 3 is 2.79 bits per heavy atom. The van der Waals surface area contributed by atoms with Crippen LogP contribution in [0, 0.1) is 0 Å². The number of hydrogen-bond acceptors (Lipinski definition) is 6. The van der Waals surface area contributed by atoms with Crippen molar-refractivity contribution in [2.75, 3.05) is 42.8 Å². The fourth-order valence-electron chi connectivity index (χ4n) is 2.62. The maximum Gasteiger partial charge on any atom is 0.265 e. The number of nitrogens with one attached hydrogen (secondary N) is 2. The van der Waals surface area contributed by atoms with Crippen molar-refractivity contribution in [2.24, 2.45) is 0 Å². The van der Waals surface area contributed by atoms with Gasteiger partial charge in [0, 0.05) is 18.4 Å². The van der Waals surface area contributed by atoms with E-state index in [-0.39, 0.29) is 16.8 Å². The molecule has 0 aliphatic carbocycles. The van der Waals surface area contributed by atoms with Gasteiger partial charge < -0.3 is 20.1 Å². The highest BCUT2D eigenvalue weighted by Gasteiger charge is 2.21. The van der Waals surface area contributed by atoms with Gasteiger partial charge in [-0.2, -0.15) is 11.8 Å². The molecule has 1 aromatic rings. The number of allylic oxidation sites excluding steroid dienone is 1. The van der Waals surface area contributed by atoms with Gasteiger partial charge in [0.2, 0.25) is 0 Å². The van der Waals surface area contributed by atoms with E-state index in [1.165, 1.54) is 24.9 Å². The number of thioether (sulfide) groups is 2. The summed E-state index contributed by atoms with van der Waals surface area (Å²) in [6, 6.07) is 3.08. The topological polar surface area (TPSA) is 76.7 Å².